The van der Waals surface area contributed by atoms with Crippen LogP contribution in [-0.4, -0.2) is 20.4 Å². The molecule has 0 spiro atoms. The minimum absolute atomic E-state index is 0.0608. The van der Waals surface area contributed by atoms with Crippen molar-refractivity contribution in [2.45, 2.75) is 4.90 Å². The smallest absolute Gasteiger partial charge is 0.262 e. The molecule has 1 aromatic heterocycles. The van der Waals surface area contributed by atoms with Crippen LogP contribution in [0.25, 0.3) is 0 Å². The molecule has 0 aliphatic rings. The Bertz CT molecular complexity index is 815. The van der Waals surface area contributed by atoms with Crippen LogP contribution >= 0.6 is 15.9 Å². The van der Waals surface area contributed by atoms with Gasteiger partial charge in [-0.2, -0.15) is 5.26 Å². The van der Waals surface area contributed by atoms with Crippen LogP contribution < -0.4 is 10.0 Å². The summed E-state index contributed by atoms with van der Waals surface area (Å²) in [4.78, 5) is 4.02. The molecule has 0 amide bonds. The number of anilines is 2. The van der Waals surface area contributed by atoms with E-state index in [9.17, 15) is 8.42 Å². The average molecular weight is 367 g/mol. The number of aromatic nitrogens is 1. The van der Waals surface area contributed by atoms with Gasteiger partial charge in [-0.25, -0.2) is 13.4 Å². The van der Waals surface area contributed by atoms with Crippen LogP contribution in [0.4, 0.5) is 11.5 Å². The first kappa shape index (κ1) is 15.3. The van der Waals surface area contributed by atoms with E-state index in [0.717, 1.165) is 0 Å². The molecule has 1 heterocycles. The van der Waals surface area contributed by atoms with Gasteiger partial charge in [-0.05, 0) is 24.3 Å². The number of halogens is 1. The van der Waals surface area contributed by atoms with Crippen LogP contribution in [0.2, 0.25) is 0 Å². The number of nitriles is 1. The lowest BCUT2D eigenvalue weighted by molar-refractivity contribution is 0.601. The van der Waals surface area contributed by atoms with E-state index in [4.69, 9.17) is 5.26 Å². The molecule has 108 valence electrons. The third-order valence-corrected chi connectivity index (χ3v) is 4.50. The highest BCUT2D eigenvalue weighted by atomic mass is 79.9. The Labute approximate surface area is 131 Å². The Morgan fingerprint density at radius 1 is 1.29 bits per heavy atom. The number of hydrogen-bond donors (Lipinski definition) is 2. The molecule has 2 N–H and O–H groups in total. The molecule has 0 radical (unpaired) electrons. The van der Waals surface area contributed by atoms with Gasteiger partial charge in [0.25, 0.3) is 10.0 Å². The SMILES string of the molecule is CNc1cc(S(=O)(=O)Nc2cc(Br)ccc2C#N)ccn1. The van der Waals surface area contributed by atoms with Crippen molar-refractivity contribution in [3.63, 3.8) is 0 Å². The molecule has 2 aromatic rings. The number of pyridine rings is 1. The summed E-state index contributed by atoms with van der Waals surface area (Å²) in [6.45, 7) is 0. The highest BCUT2D eigenvalue weighted by Crippen LogP contribution is 2.24. The van der Waals surface area contributed by atoms with Gasteiger partial charge in [-0.3, -0.25) is 4.72 Å². The third-order valence-electron chi connectivity index (χ3n) is 2.64. The minimum Gasteiger partial charge on any atom is -0.373 e. The Morgan fingerprint density at radius 2 is 2.05 bits per heavy atom. The summed E-state index contributed by atoms with van der Waals surface area (Å²) < 4.78 is 27.8. The summed E-state index contributed by atoms with van der Waals surface area (Å²) in [5.74, 6) is 0.438. The van der Waals surface area contributed by atoms with Gasteiger partial charge in [0.1, 0.15) is 11.9 Å². The fourth-order valence-electron chi connectivity index (χ4n) is 1.62. The number of benzene rings is 1. The fraction of sp³-hybridized carbons (Fsp3) is 0.0769. The van der Waals surface area contributed by atoms with E-state index >= 15 is 0 Å². The number of rotatable bonds is 4. The molecule has 2 rings (SSSR count). The van der Waals surface area contributed by atoms with Gasteiger partial charge >= 0.3 is 0 Å². The summed E-state index contributed by atoms with van der Waals surface area (Å²) in [5.41, 5.74) is 0.458. The van der Waals surface area contributed by atoms with Crippen molar-refractivity contribution in [1.29, 1.82) is 5.26 Å². The fourth-order valence-corrected chi connectivity index (χ4v) is 3.06. The van der Waals surface area contributed by atoms with E-state index < -0.39 is 10.0 Å². The molecular formula is C13H11BrN4O2S. The number of nitrogens with zero attached hydrogens (tertiary/aromatic N) is 2. The number of hydrogen-bond acceptors (Lipinski definition) is 5. The van der Waals surface area contributed by atoms with Crippen molar-refractivity contribution >= 4 is 37.5 Å². The first-order chi connectivity index (χ1) is 9.96. The molecule has 21 heavy (non-hydrogen) atoms. The van der Waals surface area contributed by atoms with Gasteiger partial charge < -0.3 is 5.32 Å². The van der Waals surface area contributed by atoms with E-state index in [1.807, 2.05) is 6.07 Å². The van der Waals surface area contributed by atoms with Crippen molar-refractivity contribution in [3.8, 4) is 6.07 Å². The molecule has 0 unspecified atom stereocenters. The maximum Gasteiger partial charge on any atom is 0.262 e. The molecule has 0 bridgehead atoms. The molecule has 0 aliphatic carbocycles. The van der Waals surface area contributed by atoms with Gasteiger partial charge in [-0.15, -0.1) is 0 Å². The maximum atomic E-state index is 12.4. The predicted molar refractivity (Wildman–Crippen MR) is 83.4 cm³/mol. The van der Waals surface area contributed by atoms with Crippen LogP contribution in [0.5, 0.6) is 0 Å². The minimum atomic E-state index is -3.80. The van der Waals surface area contributed by atoms with E-state index in [1.165, 1.54) is 30.5 Å². The maximum absolute atomic E-state index is 12.4. The second-order valence-electron chi connectivity index (χ2n) is 4.03. The lowest BCUT2D eigenvalue weighted by atomic mass is 10.2. The molecule has 0 atom stereocenters. The summed E-state index contributed by atoms with van der Waals surface area (Å²) in [6.07, 6.45) is 1.40. The Balaban J connectivity index is 2.42. The summed E-state index contributed by atoms with van der Waals surface area (Å²) in [6, 6.07) is 9.48. The van der Waals surface area contributed by atoms with Gasteiger partial charge in [-0.1, -0.05) is 15.9 Å². The third kappa shape index (κ3) is 3.51. The largest absolute Gasteiger partial charge is 0.373 e. The highest BCUT2D eigenvalue weighted by Gasteiger charge is 2.17. The second-order valence-corrected chi connectivity index (χ2v) is 6.63. The predicted octanol–water partition coefficient (Wildman–Crippen LogP) is 2.56. The van der Waals surface area contributed by atoms with Gasteiger partial charge in [0.15, 0.2) is 0 Å². The van der Waals surface area contributed by atoms with Crippen molar-refractivity contribution in [3.05, 3.63) is 46.6 Å². The normalized spacial score (nSPS) is 10.7. The van der Waals surface area contributed by atoms with Crippen molar-refractivity contribution in [2.75, 3.05) is 17.1 Å². The Morgan fingerprint density at radius 3 is 2.71 bits per heavy atom. The van der Waals surface area contributed by atoms with Gasteiger partial charge in [0, 0.05) is 23.8 Å². The second kappa shape index (κ2) is 6.11. The van der Waals surface area contributed by atoms with Gasteiger partial charge in [0.05, 0.1) is 16.1 Å². The zero-order valence-corrected chi connectivity index (χ0v) is 13.4. The molecule has 0 fully saturated rings. The quantitative estimate of drug-likeness (QED) is 0.866. The Kier molecular flexibility index (Phi) is 4.45. The lowest BCUT2D eigenvalue weighted by Gasteiger charge is -2.10. The van der Waals surface area contributed by atoms with Crippen LogP contribution in [0.1, 0.15) is 5.56 Å². The molecule has 1 aromatic carbocycles. The molecule has 0 saturated heterocycles. The molecule has 0 aliphatic heterocycles. The summed E-state index contributed by atoms with van der Waals surface area (Å²) in [7, 11) is -2.15. The Hall–Kier alpha value is -2.11. The summed E-state index contributed by atoms with van der Waals surface area (Å²) in [5, 5.41) is 11.8. The molecular weight excluding hydrogens is 356 g/mol. The van der Waals surface area contributed by atoms with E-state index in [0.29, 0.717) is 10.3 Å². The monoisotopic (exact) mass is 366 g/mol. The topological polar surface area (TPSA) is 94.9 Å². The van der Waals surface area contributed by atoms with Gasteiger partial charge in [0.2, 0.25) is 0 Å². The summed E-state index contributed by atoms with van der Waals surface area (Å²) >= 11 is 3.25. The highest BCUT2D eigenvalue weighted by molar-refractivity contribution is 9.10. The lowest BCUT2D eigenvalue weighted by Crippen LogP contribution is -2.14. The molecule has 8 heteroatoms. The first-order valence-corrected chi connectivity index (χ1v) is 8.10. The zero-order valence-electron chi connectivity index (χ0n) is 11.0. The van der Waals surface area contributed by atoms with Crippen LogP contribution in [0, 0.1) is 11.3 Å². The van der Waals surface area contributed by atoms with Crippen molar-refractivity contribution in [1.82, 2.24) is 4.98 Å². The van der Waals surface area contributed by atoms with E-state index in [1.54, 1.807) is 13.1 Å². The standard InChI is InChI=1S/C13H11BrN4O2S/c1-16-13-7-11(4-5-17-13)21(19,20)18-12-6-10(14)3-2-9(12)8-15/h2-7,18H,1H3,(H,16,17). The van der Waals surface area contributed by atoms with Crippen LogP contribution in [-0.2, 0) is 10.0 Å². The van der Waals surface area contributed by atoms with E-state index in [2.05, 4.69) is 31.0 Å². The first-order valence-electron chi connectivity index (χ1n) is 5.82. The van der Waals surface area contributed by atoms with E-state index in [-0.39, 0.29) is 16.1 Å². The molecule has 6 nitrogen and oxygen atoms in total. The molecule has 0 saturated carbocycles. The zero-order chi connectivity index (χ0) is 15.5. The van der Waals surface area contributed by atoms with Crippen LogP contribution in [0.3, 0.4) is 0 Å². The number of sulfonamides is 1. The van der Waals surface area contributed by atoms with Crippen molar-refractivity contribution < 1.29 is 8.42 Å². The van der Waals surface area contributed by atoms with Crippen molar-refractivity contribution in [2.24, 2.45) is 0 Å². The number of nitrogens with one attached hydrogen (secondary N) is 2. The van der Waals surface area contributed by atoms with Crippen LogP contribution in [0.15, 0.2) is 45.9 Å². The average Bonchev–Trinajstić information content (AvgIpc) is 2.47.